The van der Waals surface area contributed by atoms with Gasteiger partial charge in [-0.3, -0.25) is 4.79 Å². The summed E-state index contributed by atoms with van der Waals surface area (Å²) in [4.78, 5) is 13.0. The first-order valence-electron chi connectivity index (χ1n) is 5.62. The molecule has 2 aliphatic rings. The van der Waals surface area contributed by atoms with Gasteiger partial charge in [0, 0.05) is 19.6 Å². The molecule has 1 saturated heterocycles. The first kappa shape index (κ1) is 9.97. The van der Waals surface area contributed by atoms with E-state index >= 15 is 0 Å². The fourth-order valence-corrected chi connectivity index (χ4v) is 2.95. The molecule has 3 heteroatoms. The maximum Gasteiger partial charge on any atom is 0.307 e. The standard InChI is InChI=1S/C11H19NO2/c1-8(11(13)14)5-12-6-9-3-2-4-10(9)7-12/h8-10H,2-7H2,1H3,(H,13,14). The van der Waals surface area contributed by atoms with Crippen LogP contribution < -0.4 is 0 Å². The smallest absolute Gasteiger partial charge is 0.307 e. The Hall–Kier alpha value is -0.570. The molecule has 2 fully saturated rings. The molecule has 0 bridgehead atoms. The summed E-state index contributed by atoms with van der Waals surface area (Å²) in [6.45, 7) is 4.82. The van der Waals surface area contributed by atoms with E-state index in [1.807, 2.05) is 0 Å². The van der Waals surface area contributed by atoms with E-state index in [1.54, 1.807) is 6.92 Å². The van der Waals surface area contributed by atoms with E-state index in [-0.39, 0.29) is 5.92 Å². The SMILES string of the molecule is CC(CN1CC2CCCC2C1)C(=O)O. The molecule has 1 saturated carbocycles. The van der Waals surface area contributed by atoms with Gasteiger partial charge in [0.1, 0.15) is 0 Å². The Kier molecular flexibility index (Phi) is 2.77. The molecule has 0 aromatic carbocycles. The average molecular weight is 197 g/mol. The molecule has 80 valence electrons. The highest BCUT2D eigenvalue weighted by Gasteiger charge is 2.36. The molecule has 3 atom stereocenters. The Morgan fingerprint density at radius 1 is 1.43 bits per heavy atom. The molecule has 1 N–H and O–H groups in total. The lowest BCUT2D eigenvalue weighted by Gasteiger charge is -2.18. The number of carboxylic acids is 1. The average Bonchev–Trinajstić information content (AvgIpc) is 2.63. The molecule has 2 rings (SSSR count). The molecule has 1 aliphatic carbocycles. The lowest BCUT2D eigenvalue weighted by Crippen LogP contribution is -2.30. The Balaban J connectivity index is 1.81. The van der Waals surface area contributed by atoms with Gasteiger partial charge in [0.15, 0.2) is 0 Å². The number of carbonyl (C=O) groups is 1. The summed E-state index contributed by atoms with van der Waals surface area (Å²) < 4.78 is 0. The second kappa shape index (κ2) is 3.89. The minimum Gasteiger partial charge on any atom is -0.481 e. The Labute approximate surface area is 85.1 Å². The third kappa shape index (κ3) is 1.92. The van der Waals surface area contributed by atoms with E-state index in [2.05, 4.69) is 4.90 Å². The van der Waals surface area contributed by atoms with Crippen molar-refractivity contribution in [2.45, 2.75) is 26.2 Å². The number of likely N-dealkylation sites (tertiary alicyclic amines) is 1. The first-order valence-corrected chi connectivity index (χ1v) is 5.62. The van der Waals surface area contributed by atoms with Crippen molar-refractivity contribution in [3.05, 3.63) is 0 Å². The van der Waals surface area contributed by atoms with E-state index in [4.69, 9.17) is 5.11 Å². The molecule has 3 unspecified atom stereocenters. The van der Waals surface area contributed by atoms with Crippen LogP contribution in [0.3, 0.4) is 0 Å². The second-order valence-corrected chi connectivity index (χ2v) is 4.91. The van der Waals surface area contributed by atoms with Gasteiger partial charge in [-0.25, -0.2) is 0 Å². The summed E-state index contributed by atoms with van der Waals surface area (Å²) in [5.74, 6) is 0.864. The van der Waals surface area contributed by atoms with Crippen LogP contribution in [-0.2, 0) is 4.79 Å². The van der Waals surface area contributed by atoms with Crippen molar-refractivity contribution in [1.82, 2.24) is 4.90 Å². The van der Waals surface area contributed by atoms with Gasteiger partial charge in [-0.1, -0.05) is 13.3 Å². The monoisotopic (exact) mass is 197 g/mol. The van der Waals surface area contributed by atoms with Crippen LogP contribution in [-0.4, -0.2) is 35.6 Å². The van der Waals surface area contributed by atoms with Gasteiger partial charge in [-0.15, -0.1) is 0 Å². The maximum atomic E-state index is 10.7. The van der Waals surface area contributed by atoms with Crippen molar-refractivity contribution in [3.63, 3.8) is 0 Å². The fourth-order valence-electron chi connectivity index (χ4n) is 2.95. The summed E-state index contributed by atoms with van der Waals surface area (Å²) in [6.07, 6.45) is 4.11. The largest absolute Gasteiger partial charge is 0.481 e. The van der Waals surface area contributed by atoms with Gasteiger partial charge >= 0.3 is 5.97 Å². The number of aliphatic carboxylic acids is 1. The molecule has 0 amide bonds. The highest BCUT2D eigenvalue weighted by atomic mass is 16.4. The number of hydrogen-bond donors (Lipinski definition) is 1. The third-order valence-electron chi connectivity index (χ3n) is 3.76. The number of hydrogen-bond acceptors (Lipinski definition) is 2. The quantitative estimate of drug-likeness (QED) is 0.744. The van der Waals surface area contributed by atoms with Crippen LogP contribution >= 0.6 is 0 Å². The first-order chi connectivity index (χ1) is 6.66. The van der Waals surface area contributed by atoms with Crippen molar-refractivity contribution in [3.8, 4) is 0 Å². The molecule has 3 nitrogen and oxygen atoms in total. The minimum absolute atomic E-state index is 0.214. The zero-order valence-electron chi connectivity index (χ0n) is 8.78. The van der Waals surface area contributed by atoms with Gasteiger partial charge in [-0.05, 0) is 24.7 Å². The summed E-state index contributed by atoms with van der Waals surface area (Å²) >= 11 is 0. The van der Waals surface area contributed by atoms with E-state index in [0.717, 1.165) is 31.5 Å². The molecule has 0 radical (unpaired) electrons. The molecule has 0 aromatic heterocycles. The second-order valence-electron chi connectivity index (χ2n) is 4.91. The van der Waals surface area contributed by atoms with Gasteiger partial charge in [-0.2, -0.15) is 0 Å². The predicted molar refractivity (Wildman–Crippen MR) is 54.1 cm³/mol. The van der Waals surface area contributed by atoms with Crippen LogP contribution in [0.1, 0.15) is 26.2 Å². The van der Waals surface area contributed by atoms with Crippen LogP contribution in [0.2, 0.25) is 0 Å². The molecule has 14 heavy (non-hydrogen) atoms. The normalized spacial score (nSPS) is 34.4. The summed E-state index contributed by atoms with van der Waals surface area (Å²) in [5, 5.41) is 8.82. The third-order valence-corrected chi connectivity index (χ3v) is 3.76. The van der Waals surface area contributed by atoms with Crippen molar-refractivity contribution in [1.29, 1.82) is 0 Å². The Morgan fingerprint density at radius 3 is 2.50 bits per heavy atom. The molecule has 1 heterocycles. The topological polar surface area (TPSA) is 40.5 Å². The molecule has 1 aliphatic heterocycles. The number of fused-ring (bicyclic) bond motifs is 1. The zero-order chi connectivity index (χ0) is 10.1. The molecule has 0 aromatic rings. The zero-order valence-corrected chi connectivity index (χ0v) is 8.78. The Bertz CT molecular complexity index is 217. The molecular weight excluding hydrogens is 178 g/mol. The van der Waals surface area contributed by atoms with E-state index in [9.17, 15) is 4.79 Å². The van der Waals surface area contributed by atoms with Gasteiger partial charge in [0.05, 0.1) is 5.92 Å². The van der Waals surface area contributed by atoms with E-state index in [1.165, 1.54) is 19.3 Å². The predicted octanol–water partition coefficient (Wildman–Crippen LogP) is 1.44. The number of carboxylic acid groups (broad SMARTS) is 1. The summed E-state index contributed by atoms with van der Waals surface area (Å²) in [7, 11) is 0. The van der Waals surface area contributed by atoms with Gasteiger partial charge in [0.25, 0.3) is 0 Å². The lowest BCUT2D eigenvalue weighted by molar-refractivity contribution is -0.141. The van der Waals surface area contributed by atoms with Crippen LogP contribution in [0.25, 0.3) is 0 Å². The van der Waals surface area contributed by atoms with Crippen LogP contribution in [0.4, 0.5) is 0 Å². The molecular formula is C11H19NO2. The maximum absolute atomic E-state index is 10.7. The highest BCUT2D eigenvalue weighted by Crippen LogP contribution is 2.37. The van der Waals surface area contributed by atoms with E-state index < -0.39 is 5.97 Å². The number of rotatable bonds is 3. The van der Waals surface area contributed by atoms with Gasteiger partial charge in [0.2, 0.25) is 0 Å². The van der Waals surface area contributed by atoms with Crippen molar-refractivity contribution in [2.24, 2.45) is 17.8 Å². The van der Waals surface area contributed by atoms with Crippen LogP contribution in [0.15, 0.2) is 0 Å². The van der Waals surface area contributed by atoms with Gasteiger partial charge < -0.3 is 10.0 Å². The van der Waals surface area contributed by atoms with Crippen molar-refractivity contribution in [2.75, 3.05) is 19.6 Å². The van der Waals surface area contributed by atoms with E-state index in [0.29, 0.717) is 0 Å². The number of nitrogens with zero attached hydrogens (tertiary/aromatic N) is 1. The summed E-state index contributed by atoms with van der Waals surface area (Å²) in [6, 6.07) is 0. The Morgan fingerprint density at radius 2 is 2.00 bits per heavy atom. The van der Waals surface area contributed by atoms with Crippen molar-refractivity contribution >= 4 is 5.97 Å². The summed E-state index contributed by atoms with van der Waals surface area (Å²) in [5.41, 5.74) is 0. The van der Waals surface area contributed by atoms with Crippen LogP contribution in [0, 0.1) is 17.8 Å². The lowest BCUT2D eigenvalue weighted by atomic mass is 10.0. The molecule has 0 spiro atoms. The fraction of sp³-hybridized carbons (Fsp3) is 0.909. The highest BCUT2D eigenvalue weighted by molar-refractivity contribution is 5.69. The van der Waals surface area contributed by atoms with Crippen LogP contribution in [0.5, 0.6) is 0 Å². The van der Waals surface area contributed by atoms with Crippen molar-refractivity contribution < 1.29 is 9.90 Å². The minimum atomic E-state index is -0.665.